The van der Waals surface area contributed by atoms with Crippen molar-refractivity contribution < 1.29 is 4.39 Å². The van der Waals surface area contributed by atoms with Crippen molar-refractivity contribution in [1.29, 1.82) is 0 Å². The topological polar surface area (TPSA) is 12.0 Å². The van der Waals surface area contributed by atoms with Gasteiger partial charge in [0.15, 0.2) is 0 Å². The zero-order valence-corrected chi connectivity index (χ0v) is 15.0. The van der Waals surface area contributed by atoms with Crippen LogP contribution in [0.1, 0.15) is 25.8 Å². The highest BCUT2D eigenvalue weighted by atomic mass is 35.5. The SMILES string of the molecule is CCCNC(Cc1ccc(F)cc1Cl)C1SCCSC1C. The first kappa shape index (κ1) is 17.5. The van der Waals surface area contributed by atoms with Crippen LogP contribution in [0.2, 0.25) is 5.02 Å². The van der Waals surface area contributed by atoms with Crippen LogP contribution in [0, 0.1) is 5.82 Å². The summed E-state index contributed by atoms with van der Waals surface area (Å²) >= 11 is 10.3. The third kappa shape index (κ3) is 5.05. The predicted octanol–water partition coefficient (Wildman–Crippen LogP) is 4.63. The molecule has 1 saturated heterocycles. The van der Waals surface area contributed by atoms with Crippen molar-refractivity contribution in [2.24, 2.45) is 0 Å². The van der Waals surface area contributed by atoms with E-state index in [4.69, 9.17) is 11.6 Å². The fourth-order valence-corrected chi connectivity index (χ4v) is 5.85. The first-order chi connectivity index (χ1) is 10.1. The van der Waals surface area contributed by atoms with Crippen LogP contribution in [0.5, 0.6) is 0 Å². The molecule has 0 spiro atoms. The van der Waals surface area contributed by atoms with Gasteiger partial charge in [-0.2, -0.15) is 23.5 Å². The molecule has 0 bridgehead atoms. The Morgan fingerprint density at radius 2 is 2.14 bits per heavy atom. The van der Waals surface area contributed by atoms with Gasteiger partial charge in [0, 0.05) is 33.1 Å². The molecule has 1 aromatic carbocycles. The smallest absolute Gasteiger partial charge is 0.124 e. The van der Waals surface area contributed by atoms with Crippen molar-refractivity contribution in [3.05, 3.63) is 34.6 Å². The van der Waals surface area contributed by atoms with Gasteiger partial charge in [-0.15, -0.1) is 0 Å². The Balaban J connectivity index is 2.11. The highest BCUT2D eigenvalue weighted by Gasteiger charge is 2.30. The molecule has 1 fully saturated rings. The van der Waals surface area contributed by atoms with Gasteiger partial charge in [0.05, 0.1) is 0 Å². The van der Waals surface area contributed by atoms with Crippen LogP contribution < -0.4 is 5.32 Å². The molecule has 1 aromatic rings. The summed E-state index contributed by atoms with van der Waals surface area (Å²) in [7, 11) is 0. The van der Waals surface area contributed by atoms with Crippen molar-refractivity contribution in [3.63, 3.8) is 0 Å². The molecule has 21 heavy (non-hydrogen) atoms. The second kappa shape index (κ2) is 8.66. The van der Waals surface area contributed by atoms with Crippen molar-refractivity contribution in [1.82, 2.24) is 5.32 Å². The molecule has 0 radical (unpaired) electrons. The Morgan fingerprint density at radius 3 is 2.81 bits per heavy atom. The zero-order chi connectivity index (χ0) is 15.2. The highest BCUT2D eigenvalue weighted by Crippen LogP contribution is 2.34. The van der Waals surface area contributed by atoms with Crippen LogP contribution in [0.25, 0.3) is 0 Å². The third-order valence-corrected chi connectivity index (χ3v) is 7.35. The van der Waals surface area contributed by atoms with Crippen molar-refractivity contribution in [2.75, 3.05) is 18.1 Å². The van der Waals surface area contributed by atoms with E-state index in [0.717, 1.165) is 24.9 Å². The molecular formula is C16H23ClFNS2. The predicted molar refractivity (Wildman–Crippen MR) is 95.4 cm³/mol. The molecule has 0 aliphatic carbocycles. The number of halogens is 2. The van der Waals surface area contributed by atoms with Gasteiger partial charge in [-0.1, -0.05) is 31.5 Å². The number of hydrogen-bond donors (Lipinski definition) is 1. The van der Waals surface area contributed by atoms with Gasteiger partial charge in [-0.3, -0.25) is 0 Å². The molecule has 0 aromatic heterocycles. The minimum absolute atomic E-state index is 0.266. The van der Waals surface area contributed by atoms with Gasteiger partial charge in [0.2, 0.25) is 0 Å². The lowest BCUT2D eigenvalue weighted by Crippen LogP contribution is -2.46. The molecule has 3 atom stereocenters. The Hall–Kier alpha value is 0.1000. The van der Waals surface area contributed by atoms with E-state index in [1.54, 1.807) is 0 Å². The van der Waals surface area contributed by atoms with E-state index >= 15 is 0 Å². The maximum absolute atomic E-state index is 13.2. The van der Waals surface area contributed by atoms with E-state index in [1.165, 1.54) is 23.6 Å². The number of benzene rings is 1. The van der Waals surface area contributed by atoms with Crippen molar-refractivity contribution in [2.45, 2.75) is 43.2 Å². The molecule has 1 aliphatic rings. The summed E-state index contributed by atoms with van der Waals surface area (Å²) in [6.07, 6.45) is 1.98. The van der Waals surface area contributed by atoms with Crippen LogP contribution >= 0.6 is 35.1 Å². The van der Waals surface area contributed by atoms with Gasteiger partial charge in [-0.05, 0) is 37.1 Å². The first-order valence-electron chi connectivity index (χ1n) is 7.52. The third-order valence-electron chi connectivity index (χ3n) is 3.75. The van der Waals surface area contributed by atoms with Gasteiger partial charge in [-0.25, -0.2) is 4.39 Å². The lowest BCUT2D eigenvalue weighted by molar-refractivity contribution is 0.486. The summed E-state index contributed by atoms with van der Waals surface area (Å²) in [5, 5.41) is 5.43. The van der Waals surface area contributed by atoms with Gasteiger partial charge < -0.3 is 5.32 Å². The largest absolute Gasteiger partial charge is 0.313 e. The maximum Gasteiger partial charge on any atom is 0.124 e. The zero-order valence-electron chi connectivity index (χ0n) is 12.6. The molecule has 1 aliphatic heterocycles. The molecule has 1 N–H and O–H groups in total. The molecule has 3 unspecified atom stereocenters. The molecular weight excluding hydrogens is 325 g/mol. The summed E-state index contributed by atoms with van der Waals surface area (Å²) in [6, 6.07) is 5.13. The average molecular weight is 348 g/mol. The van der Waals surface area contributed by atoms with E-state index in [2.05, 4.69) is 42.7 Å². The van der Waals surface area contributed by atoms with Gasteiger partial charge >= 0.3 is 0 Å². The Bertz CT molecular complexity index is 458. The van der Waals surface area contributed by atoms with Crippen LogP contribution in [-0.4, -0.2) is 34.6 Å². The number of thioether (sulfide) groups is 2. The maximum atomic E-state index is 13.2. The Kier molecular flexibility index (Phi) is 7.20. The van der Waals surface area contributed by atoms with Crippen LogP contribution in [0.4, 0.5) is 4.39 Å². The van der Waals surface area contributed by atoms with Gasteiger partial charge in [0.25, 0.3) is 0 Å². The molecule has 0 saturated carbocycles. The minimum Gasteiger partial charge on any atom is -0.313 e. The van der Waals surface area contributed by atoms with Crippen LogP contribution in [0.3, 0.4) is 0 Å². The Labute approximate surface area is 140 Å². The van der Waals surface area contributed by atoms with E-state index in [1.807, 2.05) is 6.07 Å². The Morgan fingerprint density at radius 1 is 1.38 bits per heavy atom. The summed E-state index contributed by atoms with van der Waals surface area (Å²) < 4.78 is 13.2. The lowest BCUT2D eigenvalue weighted by Gasteiger charge is -2.35. The highest BCUT2D eigenvalue weighted by molar-refractivity contribution is 8.07. The molecule has 2 rings (SSSR count). The fourth-order valence-electron chi connectivity index (χ4n) is 2.65. The summed E-state index contributed by atoms with van der Waals surface area (Å²) in [6.45, 7) is 5.51. The van der Waals surface area contributed by atoms with Crippen LogP contribution in [-0.2, 0) is 6.42 Å². The van der Waals surface area contributed by atoms with E-state index in [9.17, 15) is 4.39 Å². The number of nitrogens with one attached hydrogen (secondary N) is 1. The second-order valence-corrected chi connectivity index (χ2v) is 8.59. The standard InChI is InChI=1S/C16H23ClFNS2/c1-3-6-19-15(16-11(2)20-7-8-21-16)9-12-4-5-13(18)10-14(12)17/h4-5,10-11,15-16,19H,3,6-9H2,1-2H3. The molecule has 118 valence electrons. The van der Waals surface area contributed by atoms with E-state index in [0.29, 0.717) is 21.6 Å². The molecule has 1 nitrogen and oxygen atoms in total. The monoisotopic (exact) mass is 347 g/mol. The van der Waals surface area contributed by atoms with Gasteiger partial charge in [0.1, 0.15) is 5.82 Å². The minimum atomic E-state index is -0.266. The van der Waals surface area contributed by atoms with Crippen LogP contribution in [0.15, 0.2) is 18.2 Å². The summed E-state index contributed by atoms with van der Waals surface area (Å²) in [5.74, 6) is 2.18. The van der Waals surface area contributed by atoms with E-state index < -0.39 is 0 Å². The fraction of sp³-hybridized carbons (Fsp3) is 0.625. The van der Waals surface area contributed by atoms with Crippen molar-refractivity contribution in [3.8, 4) is 0 Å². The second-order valence-electron chi connectivity index (χ2n) is 5.41. The lowest BCUT2D eigenvalue weighted by atomic mass is 10.0. The van der Waals surface area contributed by atoms with E-state index in [-0.39, 0.29) is 5.82 Å². The molecule has 0 amide bonds. The quantitative estimate of drug-likeness (QED) is 0.806. The summed E-state index contributed by atoms with van der Waals surface area (Å²) in [5.41, 5.74) is 1.04. The summed E-state index contributed by atoms with van der Waals surface area (Å²) in [4.78, 5) is 0. The van der Waals surface area contributed by atoms with Crippen molar-refractivity contribution >= 4 is 35.1 Å². The first-order valence-corrected chi connectivity index (χ1v) is 10.00. The molecule has 5 heteroatoms. The number of rotatable bonds is 6. The number of hydrogen-bond acceptors (Lipinski definition) is 3. The normalized spacial score (nSPS) is 24.0. The average Bonchev–Trinajstić information content (AvgIpc) is 2.46. The molecule has 1 heterocycles.